The number of hydrogen-bond donors (Lipinski definition) is 1. The van der Waals surface area contributed by atoms with Gasteiger partial charge < -0.3 is 10.2 Å². The maximum Gasteiger partial charge on any atom is 0.219 e. The Labute approximate surface area is 105 Å². The minimum absolute atomic E-state index is 0.136. The lowest BCUT2D eigenvalue weighted by Gasteiger charge is -2.15. The Hall–Kier alpha value is -2.11. The smallest absolute Gasteiger partial charge is 0.219 e. The van der Waals surface area contributed by atoms with E-state index in [-0.39, 0.29) is 11.9 Å². The topological polar surface area (TPSA) is 62.5 Å². The van der Waals surface area contributed by atoms with Crippen LogP contribution in [0.4, 0.5) is 5.82 Å². The van der Waals surface area contributed by atoms with E-state index in [4.69, 9.17) is 0 Å². The van der Waals surface area contributed by atoms with E-state index < -0.39 is 0 Å². The molecule has 0 bridgehead atoms. The van der Waals surface area contributed by atoms with Crippen LogP contribution in [0.25, 0.3) is 5.65 Å². The number of fused-ring (bicyclic) bond motifs is 1. The van der Waals surface area contributed by atoms with Gasteiger partial charge in [-0.05, 0) is 18.6 Å². The fraction of sp³-hybridized carbons (Fsp3) is 0.417. The van der Waals surface area contributed by atoms with Crippen molar-refractivity contribution in [2.24, 2.45) is 0 Å². The molecule has 1 amide bonds. The van der Waals surface area contributed by atoms with E-state index in [2.05, 4.69) is 15.4 Å². The summed E-state index contributed by atoms with van der Waals surface area (Å²) in [6.07, 6.45) is 4.50. The molecule has 0 spiro atoms. The van der Waals surface area contributed by atoms with Gasteiger partial charge in [0.15, 0.2) is 5.65 Å². The number of carbonyl (C=O) groups excluding carboxylic acids is 1. The summed E-state index contributed by atoms with van der Waals surface area (Å²) in [4.78, 5) is 17.3. The zero-order valence-electron chi connectivity index (χ0n) is 10.2. The second-order valence-corrected chi connectivity index (χ2v) is 4.54. The molecule has 1 aliphatic rings. The van der Waals surface area contributed by atoms with Crippen molar-refractivity contribution in [2.45, 2.75) is 19.4 Å². The lowest BCUT2D eigenvalue weighted by atomic mass is 10.2. The highest BCUT2D eigenvalue weighted by atomic mass is 16.2. The van der Waals surface area contributed by atoms with Crippen molar-refractivity contribution in [3.05, 3.63) is 24.5 Å². The SMILES string of the molecule is CC(=O)N1CCC(Nc2ccc3nccn3n2)C1. The zero-order valence-corrected chi connectivity index (χ0v) is 10.2. The average molecular weight is 245 g/mol. The van der Waals surface area contributed by atoms with Crippen LogP contribution < -0.4 is 5.32 Å². The van der Waals surface area contributed by atoms with Crippen LogP contribution in [-0.2, 0) is 4.79 Å². The zero-order chi connectivity index (χ0) is 12.5. The molecule has 1 unspecified atom stereocenters. The second-order valence-electron chi connectivity index (χ2n) is 4.54. The van der Waals surface area contributed by atoms with E-state index in [1.807, 2.05) is 23.2 Å². The van der Waals surface area contributed by atoms with E-state index in [9.17, 15) is 4.79 Å². The molecule has 6 heteroatoms. The van der Waals surface area contributed by atoms with Gasteiger partial charge in [-0.1, -0.05) is 0 Å². The van der Waals surface area contributed by atoms with E-state index >= 15 is 0 Å². The highest BCUT2D eigenvalue weighted by Gasteiger charge is 2.24. The third kappa shape index (κ3) is 2.01. The van der Waals surface area contributed by atoms with Crippen molar-refractivity contribution in [2.75, 3.05) is 18.4 Å². The molecule has 18 heavy (non-hydrogen) atoms. The van der Waals surface area contributed by atoms with Gasteiger partial charge in [-0.25, -0.2) is 9.50 Å². The molecule has 2 aromatic rings. The summed E-state index contributed by atoms with van der Waals surface area (Å²) in [6, 6.07) is 4.12. The van der Waals surface area contributed by atoms with Crippen molar-refractivity contribution >= 4 is 17.4 Å². The maximum absolute atomic E-state index is 11.3. The molecular formula is C12H15N5O. The number of nitrogens with one attached hydrogen (secondary N) is 1. The number of nitrogens with zero attached hydrogens (tertiary/aromatic N) is 4. The Kier molecular flexibility index (Phi) is 2.62. The van der Waals surface area contributed by atoms with Crippen LogP contribution in [0.2, 0.25) is 0 Å². The Bertz CT molecular complexity index is 579. The predicted molar refractivity (Wildman–Crippen MR) is 67.3 cm³/mol. The predicted octanol–water partition coefficient (Wildman–Crippen LogP) is 0.762. The number of likely N-dealkylation sites (tertiary alicyclic amines) is 1. The molecule has 6 nitrogen and oxygen atoms in total. The van der Waals surface area contributed by atoms with Gasteiger partial charge in [0.25, 0.3) is 0 Å². The van der Waals surface area contributed by atoms with Gasteiger partial charge in [-0.2, -0.15) is 0 Å². The van der Waals surface area contributed by atoms with E-state index in [0.717, 1.165) is 31.0 Å². The van der Waals surface area contributed by atoms with Crippen LogP contribution in [-0.4, -0.2) is 44.5 Å². The Balaban J connectivity index is 1.71. The molecule has 2 aromatic heterocycles. The minimum Gasteiger partial charge on any atom is -0.364 e. The summed E-state index contributed by atoms with van der Waals surface area (Å²) < 4.78 is 1.74. The van der Waals surface area contributed by atoms with Crippen molar-refractivity contribution in [1.29, 1.82) is 0 Å². The fourth-order valence-electron chi connectivity index (χ4n) is 2.27. The quantitative estimate of drug-likeness (QED) is 0.848. The standard InChI is InChI=1S/C12H15N5O/c1-9(18)16-6-4-10(8-16)14-11-2-3-12-13-5-7-17(12)15-11/h2-3,5,7,10H,4,6,8H2,1H3,(H,14,15). The first-order valence-electron chi connectivity index (χ1n) is 6.05. The lowest BCUT2D eigenvalue weighted by Crippen LogP contribution is -2.29. The minimum atomic E-state index is 0.136. The van der Waals surface area contributed by atoms with Gasteiger partial charge >= 0.3 is 0 Å². The van der Waals surface area contributed by atoms with Crippen LogP contribution in [0, 0.1) is 0 Å². The Morgan fingerprint density at radius 3 is 3.17 bits per heavy atom. The summed E-state index contributed by atoms with van der Waals surface area (Å²) in [5, 5.41) is 7.76. The Morgan fingerprint density at radius 2 is 2.39 bits per heavy atom. The van der Waals surface area contributed by atoms with Crippen molar-refractivity contribution < 1.29 is 4.79 Å². The number of carbonyl (C=O) groups is 1. The van der Waals surface area contributed by atoms with Crippen molar-refractivity contribution in [1.82, 2.24) is 19.5 Å². The monoisotopic (exact) mass is 245 g/mol. The number of rotatable bonds is 2. The number of amides is 1. The molecule has 1 aliphatic heterocycles. The van der Waals surface area contributed by atoms with Gasteiger partial charge in [0.2, 0.25) is 5.91 Å². The summed E-state index contributed by atoms with van der Waals surface area (Å²) in [6.45, 7) is 3.18. The molecule has 1 saturated heterocycles. The van der Waals surface area contributed by atoms with Crippen molar-refractivity contribution in [3.63, 3.8) is 0 Å². The van der Waals surface area contributed by atoms with Crippen molar-refractivity contribution in [3.8, 4) is 0 Å². The molecular weight excluding hydrogens is 230 g/mol. The van der Waals surface area contributed by atoms with Crippen LogP contribution in [0.15, 0.2) is 24.5 Å². The van der Waals surface area contributed by atoms with Gasteiger partial charge in [0, 0.05) is 38.4 Å². The molecule has 1 fully saturated rings. The van der Waals surface area contributed by atoms with Crippen LogP contribution in [0.5, 0.6) is 0 Å². The normalized spacial score (nSPS) is 19.4. The summed E-state index contributed by atoms with van der Waals surface area (Å²) in [5.41, 5.74) is 0.831. The molecule has 3 rings (SSSR count). The first-order chi connectivity index (χ1) is 8.72. The second kappa shape index (κ2) is 4.29. The first-order valence-corrected chi connectivity index (χ1v) is 6.05. The van der Waals surface area contributed by atoms with Gasteiger partial charge in [-0.3, -0.25) is 4.79 Å². The van der Waals surface area contributed by atoms with Gasteiger partial charge in [-0.15, -0.1) is 5.10 Å². The van der Waals surface area contributed by atoms with E-state index in [1.54, 1.807) is 17.6 Å². The third-order valence-corrected chi connectivity index (χ3v) is 3.24. The summed E-state index contributed by atoms with van der Waals surface area (Å²) >= 11 is 0. The highest BCUT2D eigenvalue weighted by molar-refractivity contribution is 5.73. The molecule has 94 valence electrons. The number of aromatic nitrogens is 3. The molecule has 0 radical (unpaired) electrons. The molecule has 0 aliphatic carbocycles. The van der Waals surface area contributed by atoms with Crippen LogP contribution in [0.3, 0.4) is 0 Å². The fourth-order valence-corrected chi connectivity index (χ4v) is 2.27. The summed E-state index contributed by atoms with van der Waals surface area (Å²) in [5.74, 6) is 0.952. The molecule has 1 N–H and O–H groups in total. The van der Waals surface area contributed by atoms with Gasteiger partial charge in [0.1, 0.15) is 5.82 Å². The van der Waals surface area contributed by atoms with Gasteiger partial charge in [0.05, 0.1) is 0 Å². The molecule has 1 atom stereocenters. The average Bonchev–Trinajstić information content (AvgIpc) is 2.96. The van der Waals surface area contributed by atoms with E-state index in [1.165, 1.54) is 0 Å². The highest BCUT2D eigenvalue weighted by Crippen LogP contribution is 2.14. The summed E-state index contributed by atoms with van der Waals surface area (Å²) in [7, 11) is 0. The molecule has 3 heterocycles. The number of anilines is 1. The largest absolute Gasteiger partial charge is 0.364 e. The third-order valence-electron chi connectivity index (χ3n) is 3.24. The maximum atomic E-state index is 11.3. The lowest BCUT2D eigenvalue weighted by molar-refractivity contribution is -0.127. The first kappa shape index (κ1) is 11.0. The Morgan fingerprint density at radius 1 is 1.50 bits per heavy atom. The van der Waals surface area contributed by atoms with Crippen LogP contribution >= 0.6 is 0 Å². The number of hydrogen-bond acceptors (Lipinski definition) is 4. The molecule has 0 aromatic carbocycles. The van der Waals surface area contributed by atoms with E-state index in [0.29, 0.717) is 0 Å². The van der Waals surface area contributed by atoms with Crippen LogP contribution in [0.1, 0.15) is 13.3 Å². The number of imidazole rings is 1. The molecule has 0 saturated carbocycles.